The maximum atomic E-state index is 11.3. The molecule has 1 aromatic rings. The lowest BCUT2D eigenvalue weighted by molar-refractivity contribution is -0.141. The fourth-order valence-corrected chi connectivity index (χ4v) is 1.27. The fraction of sp³-hybridized carbons (Fsp3) is 0.636. The molecule has 0 saturated carbocycles. The Bertz CT molecular complexity index is 363. The molecule has 0 aliphatic heterocycles. The molecule has 17 heavy (non-hydrogen) atoms. The average molecular weight is 241 g/mol. The molecular formula is C11H19N3O3. The summed E-state index contributed by atoms with van der Waals surface area (Å²) >= 11 is 0. The van der Waals surface area contributed by atoms with Crippen molar-refractivity contribution >= 4 is 11.8 Å². The van der Waals surface area contributed by atoms with Gasteiger partial charge in [0, 0.05) is 13.1 Å². The van der Waals surface area contributed by atoms with Gasteiger partial charge in [-0.25, -0.2) is 4.68 Å². The fourth-order valence-electron chi connectivity index (χ4n) is 1.27. The van der Waals surface area contributed by atoms with Gasteiger partial charge in [-0.05, 0) is 6.42 Å². The van der Waals surface area contributed by atoms with Gasteiger partial charge < -0.3 is 14.8 Å². The molecule has 0 aliphatic carbocycles. The van der Waals surface area contributed by atoms with Crippen molar-refractivity contribution in [2.45, 2.75) is 19.8 Å². The van der Waals surface area contributed by atoms with Crippen LogP contribution in [0.15, 0.2) is 6.07 Å². The van der Waals surface area contributed by atoms with Crippen LogP contribution in [0.4, 0.5) is 5.82 Å². The Labute approximate surface area is 101 Å². The molecule has 0 atom stereocenters. The highest BCUT2D eigenvalue weighted by atomic mass is 16.5. The molecule has 96 valence electrons. The summed E-state index contributed by atoms with van der Waals surface area (Å²) in [4.78, 5) is 11.3. The van der Waals surface area contributed by atoms with Crippen molar-refractivity contribution in [3.05, 3.63) is 6.07 Å². The Balaban J connectivity index is 2.31. The number of ether oxygens (including phenoxy) is 2. The second-order valence-corrected chi connectivity index (χ2v) is 3.62. The normalized spacial score (nSPS) is 10.1. The largest absolute Gasteiger partial charge is 0.481 e. The van der Waals surface area contributed by atoms with E-state index in [1.807, 2.05) is 6.92 Å². The lowest BCUT2D eigenvalue weighted by atomic mass is 10.4. The number of hydrogen-bond donors (Lipinski definition) is 1. The lowest BCUT2D eigenvalue weighted by Gasteiger charge is -2.04. The van der Waals surface area contributed by atoms with Crippen molar-refractivity contribution in [3.63, 3.8) is 0 Å². The number of unbranched alkanes of at least 4 members (excludes halogenated alkanes) is 1. The number of carbonyl (C=O) groups is 1. The molecule has 0 amide bonds. The quantitative estimate of drug-likeness (QED) is 0.573. The SMILES string of the molecule is CCCCOC(=O)CNc1cc(OC)n(C)n1. The van der Waals surface area contributed by atoms with Crippen molar-refractivity contribution in [1.29, 1.82) is 0 Å². The third-order valence-electron chi connectivity index (χ3n) is 2.22. The molecule has 0 spiro atoms. The van der Waals surface area contributed by atoms with Crippen LogP contribution in [0, 0.1) is 0 Å². The van der Waals surface area contributed by atoms with Gasteiger partial charge in [-0.2, -0.15) is 5.10 Å². The summed E-state index contributed by atoms with van der Waals surface area (Å²) in [5, 5.41) is 7.00. The highest BCUT2D eigenvalue weighted by Gasteiger charge is 2.07. The first-order valence-electron chi connectivity index (χ1n) is 5.65. The first kappa shape index (κ1) is 13.3. The Kier molecular flexibility index (Phi) is 5.32. The predicted octanol–water partition coefficient (Wildman–Crippen LogP) is 1.18. The van der Waals surface area contributed by atoms with Crippen molar-refractivity contribution in [1.82, 2.24) is 9.78 Å². The molecule has 0 saturated heterocycles. The van der Waals surface area contributed by atoms with Crippen LogP contribution >= 0.6 is 0 Å². The summed E-state index contributed by atoms with van der Waals surface area (Å²) in [5.41, 5.74) is 0. The van der Waals surface area contributed by atoms with Gasteiger partial charge in [-0.15, -0.1) is 0 Å². The molecule has 1 N–H and O–H groups in total. The maximum absolute atomic E-state index is 11.3. The van der Waals surface area contributed by atoms with Gasteiger partial charge in [0.15, 0.2) is 5.82 Å². The van der Waals surface area contributed by atoms with Gasteiger partial charge in [-0.1, -0.05) is 13.3 Å². The summed E-state index contributed by atoms with van der Waals surface area (Å²) in [6, 6.07) is 1.72. The van der Waals surface area contributed by atoms with Gasteiger partial charge in [0.2, 0.25) is 5.88 Å². The molecule has 6 heteroatoms. The number of hydrogen-bond acceptors (Lipinski definition) is 5. The van der Waals surface area contributed by atoms with Crippen LogP contribution in [0.5, 0.6) is 5.88 Å². The summed E-state index contributed by atoms with van der Waals surface area (Å²) in [6.07, 6.45) is 1.90. The first-order chi connectivity index (χ1) is 8.17. The van der Waals surface area contributed by atoms with Crippen LogP contribution in [0.1, 0.15) is 19.8 Å². The monoisotopic (exact) mass is 241 g/mol. The van der Waals surface area contributed by atoms with E-state index >= 15 is 0 Å². The Morgan fingerprint density at radius 2 is 2.35 bits per heavy atom. The van der Waals surface area contributed by atoms with Crippen LogP contribution in [0.2, 0.25) is 0 Å². The minimum atomic E-state index is -0.275. The van der Waals surface area contributed by atoms with Crippen LogP contribution in [-0.2, 0) is 16.6 Å². The topological polar surface area (TPSA) is 65.4 Å². The molecule has 6 nitrogen and oxygen atoms in total. The molecule has 0 bridgehead atoms. The van der Waals surface area contributed by atoms with Crippen molar-refractivity contribution in [2.75, 3.05) is 25.6 Å². The van der Waals surface area contributed by atoms with E-state index in [9.17, 15) is 4.79 Å². The standard InChI is InChI=1S/C11H19N3O3/c1-4-5-6-17-11(15)8-12-9-7-10(16-3)14(2)13-9/h7H,4-6,8H2,1-3H3,(H,12,13). The van der Waals surface area contributed by atoms with Crippen molar-refractivity contribution < 1.29 is 14.3 Å². The molecule has 0 aliphatic rings. The second-order valence-electron chi connectivity index (χ2n) is 3.62. The second kappa shape index (κ2) is 6.78. The zero-order valence-corrected chi connectivity index (χ0v) is 10.5. The maximum Gasteiger partial charge on any atom is 0.325 e. The van der Waals surface area contributed by atoms with Gasteiger partial charge in [0.1, 0.15) is 6.54 Å². The summed E-state index contributed by atoms with van der Waals surface area (Å²) in [6.45, 7) is 2.64. The van der Waals surface area contributed by atoms with Gasteiger partial charge in [0.25, 0.3) is 0 Å². The van der Waals surface area contributed by atoms with Crippen molar-refractivity contribution in [2.24, 2.45) is 7.05 Å². The van der Waals surface area contributed by atoms with Crippen LogP contribution < -0.4 is 10.1 Å². The number of nitrogens with zero attached hydrogens (tertiary/aromatic N) is 2. The molecule has 0 aromatic carbocycles. The molecule has 1 aromatic heterocycles. The number of anilines is 1. The number of carbonyl (C=O) groups excluding carboxylic acids is 1. The zero-order valence-electron chi connectivity index (χ0n) is 10.5. The van der Waals surface area contributed by atoms with Gasteiger partial charge in [0.05, 0.1) is 13.7 Å². The van der Waals surface area contributed by atoms with Crippen LogP contribution in [0.3, 0.4) is 0 Å². The number of aromatic nitrogens is 2. The number of methoxy groups -OCH3 is 1. The average Bonchev–Trinajstić information content (AvgIpc) is 2.67. The Morgan fingerprint density at radius 3 is 2.94 bits per heavy atom. The Hall–Kier alpha value is -1.72. The summed E-state index contributed by atoms with van der Waals surface area (Å²) in [5.74, 6) is 0.951. The van der Waals surface area contributed by atoms with Crippen molar-refractivity contribution in [3.8, 4) is 5.88 Å². The van der Waals surface area contributed by atoms with Crippen LogP contribution in [-0.4, -0.2) is 36.0 Å². The Morgan fingerprint density at radius 1 is 1.59 bits per heavy atom. The smallest absolute Gasteiger partial charge is 0.325 e. The molecule has 0 radical (unpaired) electrons. The van der Waals surface area contributed by atoms with E-state index in [1.165, 1.54) is 0 Å². The number of esters is 1. The van der Waals surface area contributed by atoms with E-state index in [-0.39, 0.29) is 12.5 Å². The van der Waals surface area contributed by atoms with E-state index in [2.05, 4.69) is 10.4 Å². The van der Waals surface area contributed by atoms with E-state index in [1.54, 1.807) is 24.9 Å². The van der Waals surface area contributed by atoms with E-state index in [0.717, 1.165) is 12.8 Å². The summed E-state index contributed by atoms with van der Waals surface area (Å²) < 4.78 is 11.6. The van der Waals surface area contributed by atoms with Crippen LogP contribution in [0.25, 0.3) is 0 Å². The van der Waals surface area contributed by atoms with Gasteiger partial charge >= 0.3 is 5.97 Å². The lowest BCUT2D eigenvalue weighted by Crippen LogP contribution is -2.17. The number of rotatable bonds is 7. The summed E-state index contributed by atoms with van der Waals surface area (Å²) in [7, 11) is 3.34. The number of aryl methyl sites for hydroxylation is 1. The molecular weight excluding hydrogens is 222 g/mol. The molecule has 0 fully saturated rings. The molecule has 1 heterocycles. The molecule has 1 rings (SSSR count). The van der Waals surface area contributed by atoms with E-state index in [4.69, 9.17) is 9.47 Å². The minimum absolute atomic E-state index is 0.115. The highest BCUT2D eigenvalue weighted by Crippen LogP contribution is 2.14. The zero-order chi connectivity index (χ0) is 12.7. The third kappa shape index (κ3) is 4.34. The van der Waals surface area contributed by atoms with Gasteiger partial charge in [-0.3, -0.25) is 4.79 Å². The molecule has 0 unspecified atom stereocenters. The minimum Gasteiger partial charge on any atom is -0.481 e. The predicted molar refractivity (Wildman–Crippen MR) is 64.1 cm³/mol. The number of nitrogens with one attached hydrogen (secondary N) is 1. The first-order valence-corrected chi connectivity index (χ1v) is 5.65. The van der Waals surface area contributed by atoms with E-state index < -0.39 is 0 Å². The highest BCUT2D eigenvalue weighted by molar-refractivity contribution is 5.74. The third-order valence-corrected chi connectivity index (χ3v) is 2.22. The van der Waals surface area contributed by atoms with E-state index in [0.29, 0.717) is 18.3 Å².